The summed E-state index contributed by atoms with van der Waals surface area (Å²) in [7, 11) is 2.58. The number of piperidine rings is 2. The maximum atomic E-state index is 14.1. The second-order valence-corrected chi connectivity index (χ2v) is 17.7. The van der Waals surface area contributed by atoms with Crippen molar-refractivity contribution in [2.75, 3.05) is 27.3 Å². The summed E-state index contributed by atoms with van der Waals surface area (Å²) in [4.78, 5) is 72.8. The summed E-state index contributed by atoms with van der Waals surface area (Å²) in [5, 5.41) is 6.40. The van der Waals surface area contributed by atoms with Crippen molar-refractivity contribution in [1.82, 2.24) is 40.4 Å². The van der Waals surface area contributed by atoms with Gasteiger partial charge in [0.15, 0.2) is 0 Å². The first-order chi connectivity index (χ1) is 29.6. The summed E-state index contributed by atoms with van der Waals surface area (Å²) in [6.45, 7) is 14.9. The largest absolute Gasteiger partial charge is 0.461 e. The molecule has 2 aromatic carbocycles. The number of benzene rings is 2. The van der Waals surface area contributed by atoms with Crippen LogP contribution in [0.25, 0.3) is 44.6 Å². The minimum Gasteiger partial charge on any atom is -0.461 e. The van der Waals surface area contributed by atoms with Gasteiger partial charge in [-0.15, -0.1) is 0 Å². The maximum absolute atomic E-state index is 14.1. The van der Waals surface area contributed by atoms with E-state index in [0.717, 1.165) is 82.5 Å². The average molecular weight is 849 g/mol. The Labute approximate surface area is 362 Å². The number of H-pyrrole nitrogens is 2. The molecule has 2 aliphatic heterocycles. The predicted octanol–water partition coefficient (Wildman–Crippen LogP) is 8.41. The quantitative estimate of drug-likeness (QED) is 0.101. The van der Waals surface area contributed by atoms with Crippen molar-refractivity contribution < 1.29 is 33.1 Å². The van der Waals surface area contributed by atoms with Gasteiger partial charge in [-0.05, 0) is 100.0 Å². The number of carbonyl (C=O) groups is 4. The summed E-state index contributed by atoms with van der Waals surface area (Å²) in [5.74, 6) is 1.97. The van der Waals surface area contributed by atoms with E-state index < -0.39 is 35.3 Å². The number of hydrogen-bond acceptors (Lipinski definition) is 9. The Morgan fingerprint density at radius 1 is 0.839 bits per heavy atom. The van der Waals surface area contributed by atoms with Crippen LogP contribution in [0.1, 0.15) is 97.5 Å². The van der Waals surface area contributed by atoms with Gasteiger partial charge in [-0.3, -0.25) is 9.59 Å². The number of aryl methyl sites for hydroxylation is 1. The predicted molar refractivity (Wildman–Crippen MR) is 236 cm³/mol. The van der Waals surface area contributed by atoms with Gasteiger partial charge < -0.3 is 44.3 Å². The van der Waals surface area contributed by atoms with Crippen LogP contribution in [-0.4, -0.2) is 93.1 Å². The number of furan rings is 1. The summed E-state index contributed by atoms with van der Waals surface area (Å²) >= 11 is 0. The smallest absolute Gasteiger partial charge is 0.407 e. The monoisotopic (exact) mass is 848 g/mol. The lowest BCUT2D eigenvalue weighted by Crippen LogP contribution is -2.60. The molecule has 3 aromatic heterocycles. The van der Waals surface area contributed by atoms with Crippen LogP contribution >= 0.6 is 0 Å². The zero-order valence-corrected chi connectivity index (χ0v) is 37.3. The zero-order valence-electron chi connectivity index (χ0n) is 37.3. The van der Waals surface area contributed by atoms with Gasteiger partial charge in [0, 0.05) is 24.0 Å². The number of likely N-dealkylation sites (tertiary alicyclic amines) is 2. The first kappa shape index (κ1) is 44.0. The number of ether oxygens (including phenoxy) is 2. The number of nitrogens with zero attached hydrogens (tertiary/aromatic N) is 4. The molecule has 5 unspecified atom stereocenters. The number of rotatable bonds is 11. The Hall–Kier alpha value is -6.12. The highest BCUT2D eigenvalue weighted by Crippen LogP contribution is 2.42. The molecule has 0 spiro atoms. The van der Waals surface area contributed by atoms with Crippen molar-refractivity contribution in [3.8, 4) is 33.6 Å². The molecule has 7 rings (SSSR count). The van der Waals surface area contributed by atoms with Crippen LogP contribution in [0.3, 0.4) is 0 Å². The van der Waals surface area contributed by atoms with Crippen molar-refractivity contribution in [2.45, 2.75) is 110 Å². The van der Waals surface area contributed by atoms with Gasteiger partial charge >= 0.3 is 12.2 Å². The Kier molecular flexibility index (Phi) is 12.5. The summed E-state index contributed by atoms with van der Waals surface area (Å²) in [6, 6.07) is 13.0. The van der Waals surface area contributed by atoms with Crippen molar-refractivity contribution in [1.29, 1.82) is 0 Å². The van der Waals surface area contributed by atoms with Crippen molar-refractivity contribution >= 4 is 35.0 Å². The molecule has 4 N–H and O–H groups in total. The first-order valence-corrected chi connectivity index (χ1v) is 21.7. The lowest BCUT2D eigenvalue weighted by atomic mass is 9.82. The van der Waals surface area contributed by atoms with E-state index >= 15 is 0 Å². The number of imidazole rings is 2. The second kappa shape index (κ2) is 17.7. The zero-order chi connectivity index (χ0) is 44.5. The molecule has 0 bridgehead atoms. The lowest BCUT2D eigenvalue weighted by Gasteiger charge is -2.47. The van der Waals surface area contributed by atoms with Crippen LogP contribution in [0.15, 0.2) is 59.3 Å². The van der Waals surface area contributed by atoms with E-state index in [9.17, 15) is 19.2 Å². The fourth-order valence-electron chi connectivity index (χ4n) is 9.17. The molecule has 2 fully saturated rings. The molecule has 5 atom stereocenters. The molecule has 15 heteroatoms. The van der Waals surface area contributed by atoms with Crippen LogP contribution in [0.4, 0.5) is 9.59 Å². The summed E-state index contributed by atoms with van der Waals surface area (Å²) in [6.07, 6.45) is 6.94. The van der Waals surface area contributed by atoms with Crippen LogP contribution in [0.2, 0.25) is 0 Å². The van der Waals surface area contributed by atoms with Gasteiger partial charge in [0.1, 0.15) is 35.1 Å². The standard InChI is InChI=1S/C47H60N8O7/c1-10-35(52-44(58)60-8)40(56)54-22-12-11-20-46(54,6)42-49-25-37(51-42)33-18-17-32(34-23-29(5)62-39(33)34)30-13-15-31(16-14-30)36-24-48-43(50-36)47(7)21-19-28(4)26-55(47)41(57)38(27(2)3)53-45(59)61-9/h13-18,23-25,27-28,35,38H,10-12,19-22,26H2,1-9H3,(H,48,50)(H,49,51)(H,52,58)(H,53,59). The number of hydrogen-bond donors (Lipinski definition) is 4. The van der Waals surface area contributed by atoms with Gasteiger partial charge in [-0.2, -0.15) is 0 Å². The minimum atomic E-state index is -0.739. The third-order valence-electron chi connectivity index (χ3n) is 13.0. The Morgan fingerprint density at radius 3 is 2.11 bits per heavy atom. The molecule has 62 heavy (non-hydrogen) atoms. The molecule has 5 aromatic rings. The van der Waals surface area contributed by atoms with Crippen LogP contribution in [-0.2, 0) is 30.1 Å². The Morgan fingerprint density at radius 2 is 1.45 bits per heavy atom. The van der Waals surface area contributed by atoms with E-state index in [-0.39, 0.29) is 17.7 Å². The summed E-state index contributed by atoms with van der Waals surface area (Å²) < 4.78 is 16.0. The molecule has 2 saturated heterocycles. The Bertz CT molecular complexity index is 2430. The van der Waals surface area contributed by atoms with Crippen molar-refractivity contribution in [2.24, 2.45) is 11.8 Å². The fraction of sp³-hybridized carbons (Fsp3) is 0.489. The normalized spacial score (nSPS) is 21.4. The van der Waals surface area contributed by atoms with Gasteiger partial charge in [0.25, 0.3) is 0 Å². The van der Waals surface area contributed by atoms with Crippen LogP contribution in [0.5, 0.6) is 0 Å². The molecule has 0 radical (unpaired) electrons. The maximum Gasteiger partial charge on any atom is 0.407 e. The van der Waals surface area contributed by atoms with E-state index in [1.54, 1.807) is 6.20 Å². The molecule has 0 aliphatic carbocycles. The number of nitrogens with one attached hydrogen (secondary N) is 4. The highest BCUT2D eigenvalue weighted by molar-refractivity contribution is 6.02. The number of fused-ring (bicyclic) bond motifs is 1. The molecular weight excluding hydrogens is 789 g/mol. The lowest BCUT2D eigenvalue weighted by molar-refractivity contribution is -0.145. The van der Waals surface area contributed by atoms with Crippen molar-refractivity contribution in [3.63, 3.8) is 0 Å². The van der Waals surface area contributed by atoms with E-state index in [1.165, 1.54) is 14.2 Å². The van der Waals surface area contributed by atoms with E-state index in [1.807, 2.05) is 69.7 Å². The van der Waals surface area contributed by atoms with Gasteiger partial charge in [0.2, 0.25) is 11.8 Å². The van der Waals surface area contributed by atoms with E-state index in [4.69, 9.17) is 23.9 Å². The minimum absolute atomic E-state index is 0.144. The second-order valence-electron chi connectivity index (χ2n) is 17.7. The number of aromatic amines is 2. The molecular formula is C47H60N8O7. The number of alkyl carbamates (subject to hydrolysis) is 2. The molecule has 0 saturated carbocycles. The number of amides is 4. The van der Waals surface area contributed by atoms with Gasteiger partial charge in [-0.25, -0.2) is 19.6 Å². The van der Waals surface area contributed by atoms with Gasteiger partial charge in [-0.1, -0.05) is 58.0 Å². The Balaban J connectivity index is 1.14. The topological polar surface area (TPSA) is 188 Å². The highest BCUT2D eigenvalue weighted by atomic mass is 16.5. The molecule has 15 nitrogen and oxygen atoms in total. The van der Waals surface area contributed by atoms with Crippen molar-refractivity contribution in [3.05, 3.63) is 72.3 Å². The number of carbonyl (C=O) groups excluding carboxylic acids is 4. The molecule has 4 amide bonds. The van der Waals surface area contributed by atoms with Crippen LogP contribution in [0, 0.1) is 18.8 Å². The van der Waals surface area contributed by atoms with Gasteiger partial charge in [0.05, 0.1) is 49.1 Å². The summed E-state index contributed by atoms with van der Waals surface area (Å²) in [5.41, 5.74) is 4.73. The average Bonchev–Trinajstić information content (AvgIpc) is 4.06. The molecule has 330 valence electrons. The third-order valence-corrected chi connectivity index (χ3v) is 13.0. The highest BCUT2D eigenvalue weighted by Gasteiger charge is 2.46. The number of aromatic nitrogens is 4. The number of methoxy groups -OCH3 is 2. The third kappa shape index (κ3) is 8.28. The molecule has 5 heterocycles. The fourth-order valence-corrected chi connectivity index (χ4v) is 9.17. The van der Waals surface area contributed by atoms with E-state index in [0.29, 0.717) is 37.1 Å². The van der Waals surface area contributed by atoms with Crippen LogP contribution < -0.4 is 10.6 Å². The molecule has 2 aliphatic rings. The first-order valence-electron chi connectivity index (χ1n) is 21.7. The SMILES string of the molecule is CCC(NC(=O)OC)C(=O)N1CCCCC1(C)c1ncc(-c2ccc(-c3ccc(-c4cnc(C5(C)CCC(C)CN5C(=O)C(NC(=O)OC)C(C)C)[nH]4)cc3)c3cc(C)oc23)[nH]1. The van der Waals surface area contributed by atoms with E-state index in [2.05, 4.69) is 57.9 Å².